The molecule has 0 aliphatic rings. The highest BCUT2D eigenvalue weighted by molar-refractivity contribution is 5.79. The number of nitrogens with zero attached hydrogens (tertiary/aromatic N) is 1. The third kappa shape index (κ3) is 1.84. The third-order valence-corrected chi connectivity index (χ3v) is 1.53. The van der Waals surface area contributed by atoms with Gasteiger partial charge in [-0.25, -0.2) is 13.8 Å². The minimum atomic E-state index is -2.99. The number of carbonyl (C=O) groups excluding carboxylic acids is 1. The summed E-state index contributed by atoms with van der Waals surface area (Å²) in [4.78, 5) is 13.3. The van der Waals surface area contributed by atoms with Crippen LogP contribution in [0.4, 0.5) is 13.2 Å². The van der Waals surface area contributed by atoms with Crippen LogP contribution in [0.15, 0.2) is 6.07 Å². The van der Waals surface area contributed by atoms with E-state index in [4.69, 9.17) is 0 Å². The van der Waals surface area contributed by atoms with Gasteiger partial charge in [0.05, 0.1) is 12.7 Å². The van der Waals surface area contributed by atoms with Crippen LogP contribution in [-0.4, -0.2) is 18.4 Å². The predicted molar refractivity (Wildman–Crippen MR) is 41.1 cm³/mol. The van der Waals surface area contributed by atoms with Crippen LogP contribution in [0.3, 0.4) is 0 Å². The summed E-state index contributed by atoms with van der Waals surface area (Å²) in [6.45, 7) is 0. The molecule has 76 valence electrons. The summed E-state index contributed by atoms with van der Waals surface area (Å²) in [5.41, 5.74) is -1.15. The van der Waals surface area contributed by atoms with Crippen LogP contribution in [0.5, 0.6) is 5.75 Å². The number of hydrogen-bond acceptors (Lipinski definition) is 3. The second-order valence-electron chi connectivity index (χ2n) is 2.37. The number of halogens is 3. The molecule has 6 heteroatoms. The lowest BCUT2D eigenvalue weighted by Crippen LogP contribution is -2.02. The maximum Gasteiger partial charge on any atom is 0.284 e. The lowest BCUT2D eigenvalue weighted by atomic mass is 10.2. The van der Waals surface area contributed by atoms with Crippen LogP contribution in [0, 0.1) is 5.95 Å². The van der Waals surface area contributed by atoms with Gasteiger partial charge in [-0.3, -0.25) is 4.79 Å². The van der Waals surface area contributed by atoms with Gasteiger partial charge in [-0.15, -0.1) is 0 Å². The zero-order chi connectivity index (χ0) is 10.7. The molecule has 0 amide bonds. The Hall–Kier alpha value is -1.59. The predicted octanol–water partition coefficient (Wildman–Crippen LogP) is 1.98. The van der Waals surface area contributed by atoms with E-state index in [1.54, 1.807) is 0 Å². The molecule has 0 aliphatic heterocycles. The van der Waals surface area contributed by atoms with Gasteiger partial charge in [-0.05, 0) is 0 Å². The highest BCUT2D eigenvalue weighted by Gasteiger charge is 2.20. The standard InChI is InChI=1S/C8H6F3NO2/c1-14-7-4(3-13)2-5(9)12-6(7)8(10)11/h2-3,8H,1H3. The van der Waals surface area contributed by atoms with Crippen LogP contribution in [-0.2, 0) is 0 Å². The molecule has 1 heterocycles. The molecule has 0 aromatic carbocycles. The molecule has 0 atom stereocenters. The maximum absolute atomic E-state index is 12.6. The first-order valence-corrected chi connectivity index (χ1v) is 3.58. The summed E-state index contributed by atoms with van der Waals surface area (Å²) in [7, 11) is 1.10. The molecule has 3 nitrogen and oxygen atoms in total. The molecule has 0 aliphatic carbocycles. The Balaban J connectivity index is 3.39. The highest BCUT2D eigenvalue weighted by Crippen LogP contribution is 2.29. The summed E-state index contributed by atoms with van der Waals surface area (Å²) >= 11 is 0. The Morgan fingerprint density at radius 1 is 1.57 bits per heavy atom. The van der Waals surface area contributed by atoms with E-state index in [0.29, 0.717) is 0 Å². The molecule has 0 unspecified atom stereocenters. The second kappa shape index (κ2) is 4.08. The van der Waals surface area contributed by atoms with Crippen LogP contribution in [0.1, 0.15) is 22.5 Å². The highest BCUT2D eigenvalue weighted by atomic mass is 19.3. The fraction of sp³-hybridized carbons (Fsp3) is 0.250. The van der Waals surface area contributed by atoms with Crippen molar-refractivity contribution in [2.75, 3.05) is 7.11 Å². The van der Waals surface area contributed by atoms with Crippen molar-refractivity contribution < 1.29 is 22.7 Å². The van der Waals surface area contributed by atoms with Crippen molar-refractivity contribution in [2.24, 2.45) is 0 Å². The first kappa shape index (κ1) is 10.5. The lowest BCUT2D eigenvalue weighted by molar-refractivity contribution is 0.111. The Bertz CT molecular complexity index is 355. The Kier molecular flexibility index (Phi) is 3.06. The Morgan fingerprint density at radius 2 is 2.21 bits per heavy atom. The molecule has 14 heavy (non-hydrogen) atoms. The van der Waals surface area contributed by atoms with Gasteiger partial charge in [-0.1, -0.05) is 0 Å². The number of aldehydes is 1. The summed E-state index contributed by atoms with van der Waals surface area (Å²) in [6, 6.07) is 0.734. The van der Waals surface area contributed by atoms with Crippen molar-refractivity contribution >= 4 is 6.29 Å². The minimum absolute atomic E-state index is 0.232. The molecule has 0 fully saturated rings. The van der Waals surface area contributed by atoms with Gasteiger partial charge in [0.1, 0.15) is 0 Å². The average molecular weight is 205 g/mol. The molecule has 0 N–H and O–H groups in total. The molecular formula is C8H6F3NO2. The summed E-state index contributed by atoms with van der Waals surface area (Å²) in [6.07, 6.45) is -2.76. The fourth-order valence-corrected chi connectivity index (χ4v) is 0.998. The maximum atomic E-state index is 12.6. The molecule has 0 radical (unpaired) electrons. The summed E-state index contributed by atoms with van der Waals surface area (Å²) in [5, 5.41) is 0. The lowest BCUT2D eigenvalue weighted by Gasteiger charge is -2.08. The van der Waals surface area contributed by atoms with Crippen LogP contribution >= 0.6 is 0 Å². The van der Waals surface area contributed by atoms with Gasteiger partial charge in [0, 0.05) is 6.07 Å². The minimum Gasteiger partial charge on any atom is -0.494 e. The zero-order valence-corrected chi connectivity index (χ0v) is 7.13. The van der Waals surface area contributed by atoms with Gasteiger partial charge < -0.3 is 4.74 Å². The van der Waals surface area contributed by atoms with E-state index >= 15 is 0 Å². The summed E-state index contributed by atoms with van der Waals surface area (Å²) in [5.74, 6) is -1.53. The molecule has 0 saturated carbocycles. The van der Waals surface area contributed by atoms with Crippen molar-refractivity contribution in [1.29, 1.82) is 0 Å². The van der Waals surface area contributed by atoms with Crippen molar-refractivity contribution in [3.8, 4) is 5.75 Å². The van der Waals surface area contributed by atoms with E-state index in [1.807, 2.05) is 0 Å². The first-order chi connectivity index (χ1) is 6.60. The van der Waals surface area contributed by atoms with Crippen molar-refractivity contribution in [3.05, 3.63) is 23.3 Å². The van der Waals surface area contributed by atoms with Crippen molar-refractivity contribution in [2.45, 2.75) is 6.43 Å². The number of methoxy groups -OCH3 is 1. The van der Waals surface area contributed by atoms with Crippen molar-refractivity contribution in [1.82, 2.24) is 4.98 Å². The van der Waals surface area contributed by atoms with Crippen LogP contribution in [0.25, 0.3) is 0 Å². The molecule has 0 spiro atoms. The zero-order valence-electron chi connectivity index (χ0n) is 7.13. The SMILES string of the molecule is COc1c(C=O)cc(F)nc1C(F)F. The normalized spacial score (nSPS) is 10.4. The van der Waals surface area contributed by atoms with Gasteiger partial charge in [0.2, 0.25) is 5.95 Å². The van der Waals surface area contributed by atoms with E-state index in [9.17, 15) is 18.0 Å². The van der Waals surface area contributed by atoms with E-state index in [-0.39, 0.29) is 11.8 Å². The van der Waals surface area contributed by atoms with Gasteiger partial charge in [0.25, 0.3) is 6.43 Å². The number of alkyl halides is 2. The van der Waals surface area contributed by atoms with Crippen molar-refractivity contribution in [3.63, 3.8) is 0 Å². The average Bonchev–Trinajstić information content (AvgIpc) is 2.16. The van der Waals surface area contributed by atoms with Gasteiger partial charge in [0.15, 0.2) is 17.7 Å². The number of pyridine rings is 1. The van der Waals surface area contributed by atoms with E-state index < -0.39 is 23.8 Å². The number of carbonyl (C=O) groups is 1. The van der Waals surface area contributed by atoms with Crippen LogP contribution in [0.2, 0.25) is 0 Å². The van der Waals surface area contributed by atoms with E-state index in [0.717, 1.165) is 13.2 Å². The fourth-order valence-electron chi connectivity index (χ4n) is 0.998. The second-order valence-corrected chi connectivity index (χ2v) is 2.37. The molecule has 0 bridgehead atoms. The number of ether oxygens (including phenoxy) is 1. The first-order valence-electron chi connectivity index (χ1n) is 3.58. The summed E-state index contributed by atoms with van der Waals surface area (Å²) < 4.78 is 41.7. The van der Waals surface area contributed by atoms with E-state index in [1.165, 1.54) is 0 Å². The number of aromatic nitrogens is 1. The van der Waals surface area contributed by atoms with Gasteiger partial charge in [-0.2, -0.15) is 4.39 Å². The molecule has 1 aromatic heterocycles. The topological polar surface area (TPSA) is 39.2 Å². The van der Waals surface area contributed by atoms with Crippen LogP contribution < -0.4 is 4.74 Å². The third-order valence-electron chi connectivity index (χ3n) is 1.53. The molecule has 0 saturated heterocycles. The molecular weight excluding hydrogens is 199 g/mol. The smallest absolute Gasteiger partial charge is 0.284 e. The number of rotatable bonds is 3. The largest absolute Gasteiger partial charge is 0.494 e. The molecule has 1 aromatic rings. The molecule has 1 rings (SSSR count). The Labute approximate surface area is 77.5 Å². The van der Waals surface area contributed by atoms with E-state index in [2.05, 4.69) is 9.72 Å². The monoisotopic (exact) mass is 205 g/mol. The number of hydrogen-bond donors (Lipinski definition) is 0. The quantitative estimate of drug-likeness (QED) is 0.559. The van der Waals surface area contributed by atoms with Gasteiger partial charge >= 0.3 is 0 Å². The Morgan fingerprint density at radius 3 is 2.64 bits per heavy atom.